The molecule has 0 bridgehead atoms. The Morgan fingerprint density at radius 2 is 2.04 bits per heavy atom. The average Bonchev–Trinajstić information content (AvgIpc) is 3.01. The van der Waals surface area contributed by atoms with Crippen molar-refractivity contribution in [3.8, 4) is 0 Å². The van der Waals surface area contributed by atoms with Gasteiger partial charge in [-0.3, -0.25) is 9.69 Å². The van der Waals surface area contributed by atoms with E-state index in [0.29, 0.717) is 5.56 Å². The minimum absolute atomic E-state index is 0.196. The van der Waals surface area contributed by atoms with E-state index in [1.807, 2.05) is 42.6 Å². The van der Waals surface area contributed by atoms with Gasteiger partial charge in [-0.25, -0.2) is 5.43 Å². The number of carbonyl (C=O) groups excluding carboxylic acids is 1. The van der Waals surface area contributed by atoms with Crippen molar-refractivity contribution in [3.63, 3.8) is 0 Å². The molecule has 1 fully saturated rings. The van der Waals surface area contributed by atoms with Crippen LogP contribution in [0.4, 0.5) is 0 Å². The van der Waals surface area contributed by atoms with Gasteiger partial charge in [0.05, 0.1) is 19.4 Å². The Bertz CT molecular complexity index is 703. The molecule has 0 unspecified atom stereocenters. The summed E-state index contributed by atoms with van der Waals surface area (Å²) in [6.45, 7) is 6.41. The zero-order chi connectivity index (χ0) is 16.8. The first-order chi connectivity index (χ1) is 11.7. The van der Waals surface area contributed by atoms with Crippen molar-refractivity contribution in [2.45, 2.75) is 13.5 Å². The molecule has 0 aliphatic carbocycles. The number of morpholine rings is 1. The van der Waals surface area contributed by atoms with E-state index < -0.39 is 0 Å². The molecule has 1 amide bonds. The zero-order valence-electron chi connectivity index (χ0n) is 13.7. The van der Waals surface area contributed by atoms with Gasteiger partial charge in [0.15, 0.2) is 0 Å². The lowest BCUT2D eigenvalue weighted by Crippen LogP contribution is -2.35. The first-order valence-electron chi connectivity index (χ1n) is 7.99. The molecule has 1 aliphatic rings. The minimum atomic E-state index is -0.196. The van der Waals surface area contributed by atoms with Crippen LogP contribution in [0.3, 0.4) is 0 Å². The predicted octanol–water partition coefficient (Wildman–Crippen LogP) is 2.65. The van der Waals surface area contributed by atoms with Crippen molar-refractivity contribution >= 4 is 23.5 Å². The van der Waals surface area contributed by atoms with E-state index in [9.17, 15) is 4.79 Å². The number of nitrogens with zero attached hydrogens (tertiary/aromatic N) is 2. The summed E-state index contributed by atoms with van der Waals surface area (Å²) in [6.07, 6.45) is 1.69. The molecule has 3 rings (SSSR count). The highest BCUT2D eigenvalue weighted by atomic mass is 32.1. The number of ether oxygens (including phenoxy) is 1. The highest BCUT2D eigenvalue weighted by molar-refractivity contribution is 7.11. The van der Waals surface area contributed by atoms with Crippen molar-refractivity contribution in [1.82, 2.24) is 10.3 Å². The lowest BCUT2D eigenvalue weighted by atomic mass is 10.1. The third kappa shape index (κ3) is 4.50. The maximum absolute atomic E-state index is 12.1. The second-order valence-corrected chi connectivity index (χ2v) is 6.70. The van der Waals surface area contributed by atoms with Crippen LogP contribution >= 0.6 is 11.3 Å². The smallest absolute Gasteiger partial charge is 0.271 e. The molecule has 0 spiro atoms. The van der Waals surface area contributed by atoms with E-state index in [2.05, 4.69) is 15.4 Å². The van der Waals surface area contributed by atoms with Crippen LogP contribution in [-0.4, -0.2) is 43.3 Å². The summed E-state index contributed by atoms with van der Waals surface area (Å²) in [6, 6.07) is 9.71. The highest BCUT2D eigenvalue weighted by Crippen LogP contribution is 2.12. The SMILES string of the molecule is Cc1ccsc1C=NNC(=O)c1ccc(CN2CCOCC2)cc1. The lowest BCUT2D eigenvalue weighted by molar-refractivity contribution is 0.0342. The van der Waals surface area contributed by atoms with Gasteiger partial charge in [-0.2, -0.15) is 5.10 Å². The number of rotatable bonds is 5. The maximum atomic E-state index is 12.1. The zero-order valence-corrected chi connectivity index (χ0v) is 14.5. The largest absolute Gasteiger partial charge is 0.379 e. The molecule has 6 heteroatoms. The molecule has 2 aromatic rings. The van der Waals surface area contributed by atoms with Gasteiger partial charge in [-0.15, -0.1) is 11.3 Å². The molecule has 126 valence electrons. The van der Waals surface area contributed by atoms with Gasteiger partial charge >= 0.3 is 0 Å². The average molecular weight is 343 g/mol. The van der Waals surface area contributed by atoms with Crippen molar-refractivity contribution in [3.05, 3.63) is 57.3 Å². The van der Waals surface area contributed by atoms with Crippen LogP contribution in [0.5, 0.6) is 0 Å². The van der Waals surface area contributed by atoms with E-state index in [1.54, 1.807) is 17.6 Å². The number of hydrazone groups is 1. The fourth-order valence-electron chi connectivity index (χ4n) is 2.51. The van der Waals surface area contributed by atoms with Gasteiger partial charge in [0.2, 0.25) is 0 Å². The second kappa shape index (κ2) is 8.19. The molecule has 1 saturated heterocycles. The van der Waals surface area contributed by atoms with Crippen LogP contribution < -0.4 is 5.43 Å². The van der Waals surface area contributed by atoms with E-state index in [0.717, 1.165) is 43.3 Å². The van der Waals surface area contributed by atoms with Gasteiger partial charge in [-0.05, 0) is 41.6 Å². The summed E-state index contributed by atoms with van der Waals surface area (Å²) >= 11 is 1.60. The Hall–Kier alpha value is -2.02. The van der Waals surface area contributed by atoms with Crippen molar-refractivity contribution in [2.24, 2.45) is 5.10 Å². The number of nitrogens with one attached hydrogen (secondary N) is 1. The Balaban J connectivity index is 1.53. The Morgan fingerprint density at radius 1 is 1.29 bits per heavy atom. The molecule has 0 atom stereocenters. The Kier molecular flexibility index (Phi) is 5.74. The van der Waals surface area contributed by atoms with Gasteiger partial charge < -0.3 is 4.74 Å². The van der Waals surface area contributed by atoms with Gasteiger partial charge in [0, 0.05) is 30.1 Å². The number of aryl methyl sites for hydroxylation is 1. The number of hydrogen-bond acceptors (Lipinski definition) is 5. The van der Waals surface area contributed by atoms with Crippen molar-refractivity contribution in [2.75, 3.05) is 26.3 Å². The van der Waals surface area contributed by atoms with E-state index >= 15 is 0 Å². The molecule has 2 heterocycles. The molecule has 5 nitrogen and oxygen atoms in total. The number of amides is 1. The van der Waals surface area contributed by atoms with Crippen LogP contribution in [-0.2, 0) is 11.3 Å². The van der Waals surface area contributed by atoms with Gasteiger partial charge in [0.25, 0.3) is 5.91 Å². The number of hydrogen-bond donors (Lipinski definition) is 1. The van der Waals surface area contributed by atoms with Crippen LogP contribution in [0.15, 0.2) is 40.8 Å². The normalized spacial score (nSPS) is 15.7. The molecule has 24 heavy (non-hydrogen) atoms. The molecule has 1 aromatic heterocycles. The van der Waals surface area contributed by atoms with E-state index in [1.165, 1.54) is 5.56 Å². The maximum Gasteiger partial charge on any atom is 0.271 e. The van der Waals surface area contributed by atoms with Gasteiger partial charge in [0.1, 0.15) is 0 Å². The summed E-state index contributed by atoms with van der Waals surface area (Å²) < 4.78 is 5.35. The number of benzene rings is 1. The van der Waals surface area contributed by atoms with E-state index in [4.69, 9.17) is 4.74 Å². The van der Waals surface area contributed by atoms with Crippen LogP contribution in [0.25, 0.3) is 0 Å². The third-order valence-corrected chi connectivity index (χ3v) is 4.93. The standard InChI is InChI=1S/C18H21N3O2S/c1-14-6-11-24-17(14)12-19-20-18(22)16-4-2-15(3-5-16)13-21-7-9-23-10-8-21/h2-6,11-12H,7-10,13H2,1H3,(H,20,22). The molecule has 1 aromatic carbocycles. The first kappa shape index (κ1) is 16.8. The highest BCUT2D eigenvalue weighted by Gasteiger charge is 2.11. The summed E-state index contributed by atoms with van der Waals surface area (Å²) in [7, 11) is 0. The van der Waals surface area contributed by atoms with Crippen LogP contribution in [0.2, 0.25) is 0 Å². The predicted molar refractivity (Wildman–Crippen MR) is 96.7 cm³/mol. The monoisotopic (exact) mass is 343 g/mol. The Labute approximate surface area is 145 Å². The first-order valence-corrected chi connectivity index (χ1v) is 8.87. The molecular weight excluding hydrogens is 322 g/mol. The van der Waals surface area contributed by atoms with E-state index in [-0.39, 0.29) is 5.91 Å². The van der Waals surface area contributed by atoms with Crippen molar-refractivity contribution < 1.29 is 9.53 Å². The second-order valence-electron chi connectivity index (χ2n) is 5.75. The molecule has 0 saturated carbocycles. The molecular formula is C18H21N3O2S. The summed E-state index contributed by atoms with van der Waals surface area (Å²) in [4.78, 5) is 15.5. The fraction of sp³-hybridized carbons (Fsp3) is 0.333. The molecule has 1 N–H and O–H groups in total. The van der Waals surface area contributed by atoms with Crippen LogP contribution in [0, 0.1) is 6.92 Å². The Morgan fingerprint density at radius 3 is 2.71 bits per heavy atom. The van der Waals surface area contributed by atoms with Crippen molar-refractivity contribution in [1.29, 1.82) is 0 Å². The summed E-state index contributed by atoms with van der Waals surface area (Å²) in [5.41, 5.74) is 5.55. The molecule has 0 radical (unpaired) electrons. The number of carbonyl (C=O) groups is 1. The third-order valence-electron chi connectivity index (χ3n) is 3.98. The fourth-order valence-corrected chi connectivity index (χ4v) is 3.30. The minimum Gasteiger partial charge on any atom is -0.379 e. The molecule has 1 aliphatic heterocycles. The van der Waals surface area contributed by atoms with Gasteiger partial charge in [-0.1, -0.05) is 12.1 Å². The van der Waals surface area contributed by atoms with Crippen LogP contribution in [0.1, 0.15) is 26.4 Å². The number of thiophene rings is 1. The topological polar surface area (TPSA) is 53.9 Å². The summed E-state index contributed by atoms with van der Waals surface area (Å²) in [5.74, 6) is -0.196. The quantitative estimate of drug-likeness (QED) is 0.671. The lowest BCUT2D eigenvalue weighted by Gasteiger charge is -2.26. The summed E-state index contributed by atoms with van der Waals surface area (Å²) in [5, 5.41) is 6.04.